The van der Waals surface area contributed by atoms with Gasteiger partial charge in [0, 0.05) is 6.07 Å². The van der Waals surface area contributed by atoms with Crippen LogP contribution < -0.4 is 4.72 Å². The van der Waals surface area contributed by atoms with Gasteiger partial charge in [0.05, 0.1) is 6.04 Å². The molecule has 0 saturated heterocycles. The number of pyridine rings is 1. The number of nitrogens with zero attached hydrogens (tertiary/aromatic N) is 2. The van der Waals surface area contributed by atoms with Crippen molar-refractivity contribution in [2.45, 2.75) is 24.3 Å². The summed E-state index contributed by atoms with van der Waals surface area (Å²) < 4.78 is 25.9. The third-order valence-electron chi connectivity index (χ3n) is 2.12. The number of terminal acetylenes is 1. The van der Waals surface area contributed by atoms with E-state index in [2.05, 4.69) is 15.6 Å². The van der Waals surface area contributed by atoms with Crippen LogP contribution in [0.15, 0.2) is 23.2 Å². The predicted octanol–water partition coefficient (Wildman–Crippen LogP) is 0.680. The van der Waals surface area contributed by atoms with E-state index in [0.717, 1.165) is 18.3 Å². The highest BCUT2D eigenvalue weighted by atomic mass is 32.2. The molecule has 0 bridgehead atoms. The first-order valence-corrected chi connectivity index (χ1v) is 6.48. The van der Waals surface area contributed by atoms with E-state index < -0.39 is 26.8 Å². The molecule has 1 heterocycles. The lowest BCUT2D eigenvalue weighted by Crippen LogP contribution is -2.33. The molecule has 1 N–H and O–H groups in total. The van der Waals surface area contributed by atoms with Crippen LogP contribution in [0.3, 0.4) is 0 Å². The summed E-state index contributed by atoms with van der Waals surface area (Å²) in [5.74, 6) is 1.87. The number of hydrogen-bond acceptors (Lipinski definition) is 5. The van der Waals surface area contributed by atoms with E-state index in [1.54, 1.807) is 6.92 Å². The highest BCUT2D eigenvalue weighted by Crippen LogP contribution is 2.12. The Hall–Kier alpha value is -1.98. The molecule has 1 aromatic heterocycles. The first kappa shape index (κ1) is 14.1. The molecule has 0 aliphatic carbocycles. The van der Waals surface area contributed by atoms with Gasteiger partial charge in [0.1, 0.15) is 4.90 Å². The van der Waals surface area contributed by atoms with Crippen molar-refractivity contribution in [3.8, 4) is 12.3 Å². The molecular formula is C10H11N3O4S. The van der Waals surface area contributed by atoms with Crippen LogP contribution in [0.1, 0.15) is 13.3 Å². The van der Waals surface area contributed by atoms with Gasteiger partial charge in [0.15, 0.2) is 6.20 Å². The highest BCUT2D eigenvalue weighted by molar-refractivity contribution is 7.89. The maximum absolute atomic E-state index is 11.8. The summed E-state index contributed by atoms with van der Waals surface area (Å²) >= 11 is 0. The van der Waals surface area contributed by atoms with E-state index in [1.165, 1.54) is 0 Å². The molecule has 1 aromatic rings. The van der Waals surface area contributed by atoms with Crippen molar-refractivity contribution in [3.63, 3.8) is 0 Å². The van der Waals surface area contributed by atoms with Crippen LogP contribution in [0.5, 0.6) is 0 Å². The van der Waals surface area contributed by atoms with Crippen LogP contribution in [-0.2, 0) is 10.0 Å². The SMILES string of the molecule is C#CC(CC)NS(=O)(=O)c1ccc([N+](=O)[O-])nc1. The third-order valence-corrected chi connectivity index (χ3v) is 3.58. The maximum atomic E-state index is 11.8. The van der Waals surface area contributed by atoms with Gasteiger partial charge >= 0.3 is 5.82 Å². The molecule has 0 fully saturated rings. The largest absolute Gasteiger partial charge is 0.363 e. The Morgan fingerprint density at radius 3 is 2.67 bits per heavy atom. The summed E-state index contributed by atoms with van der Waals surface area (Å²) in [6.45, 7) is 1.74. The topological polar surface area (TPSA) is 102 Å². The summed E-state index contributed by atoms with van der Waals surface area (Å²) in [4.78, 5) is 12.9. The molecule has 1 unspecified atom stereocenters. The first-order valence-electron chi connectivity index (χ1n) is 4.99. The lowest BCUT2D eigenvalue weighted by Gasteiger charge is -2.10. The maximum Gasteiger partial charge on any atom is 0.363 e. The van der Waals surface area contributed by atoms with Gasteiger partial charge in [-0.05, 0) is 22.4 Å². The summed E-state index contributed by atoms with van der Waals surface area (Å²) in [7, 11) is -3.80. The number of sulfonamides is 1. The Labute approximate surface area is 104 Å². The molecule has 0 aliphatic rings. The van der Waals surface area contributed by atoms with Crippen LogP contribution >= 0.6 is 0 Å². The van der Waals surface area contributed by atoms with Crippen molar-refractivity contribution >= 4 is 15.8 Å². The Morgan fingerprint density at radius 2 is 2.28 bits per heavy atom. The van der Waals surface area contributed by atoms with E-state index in [9.17, 15) is 18.5 Å². The minimum Gasteiger partial charge on any atom is -0.358 e. The van der Waals surface area contributed by atoms with E-state index in [-0.39, 0.29) is 4.90 Å². The average molecular weight is 269 g/mol. The lowest BCUT2D eigenvalue weighted by molar-refractivity contribution is -0.389. The minimum atomic E-state index is -3.80. The second-order valence-corrected chi connectivity index (χ2v) is 5.07. The van der Waals surface area contributed by atoms with E-state index >= 15 is 0 Å². The number of rotatable bonds is 5. The van der Waals surface area contributed by atoms with E-state index in [0.29, 0.717) is 6.42 Å². The zero-order valence-electron chi connectivity index (χ0n) is 9.53. The Balaban J connectivity index is 2.99. The zero-order valence-corrected chi connectivity index (χ0v) is 10.3. The Bertz CT molecular complexity index is 574. The Kier molecular flexibility index (Phi) is 4.36. The van der Waals surface area contributed by atoms with Crippen molar-refractivity contribution in [3.05, 3.63) is 28.4 Å². The highest BCUT2D eigenvalue weighted by Gasteiger charge is 2.20. The minimum absolute atomic E-state index is 0.165. The van der Waals surface area contributed by atoms with Crippen molar-refractivity contribution in [1.29, 1.82) is 0 Å². The molecule has 96 valence electrons. The number of aromatic nitrogens is 1. The zero-order chi connectivity index (χ0) is 13.8. The van der Waals surface area contributed by atoms with Gasteiger partial charge in [-0.25, -0.2) is 8.42 Å². The standard InChI is InChI=1S/C10H11N3O4S/c1-3-8(4-2)12-18(16,17)9-5-6-10(11-7-9)13(14)15/h1,5-8,12H,4H2,2H3. The fourth-order valence-corrected chi connectivity index (χ4v) is 2.31. The molecule has 1 atom stereocenters. The van der Waals surface area contributed by atoms with Crippen LogP contribution in [-0.4, -0.2) is 24.4 Å². The third kappa shape index (κ3) is 3.26. The van der Waals surface area contributed by atoms with Gasteiger partial charge < -0.3 is 10.1 Å². The summed E-state index contributed by atoms with van der Waals surface area (Å²) in [6.07, 6.45) is 6.51. The second kappa shape index (κ2) is 5.57. The number of nitrogens with one attached hydrogen (secondary N) is 1. The van der Waals surface area contributed by atoms with Gasteiger partial charge in [0.25, 0.3) is 0 Å². The van der Waals surface area contributed by atoms with Crippen LogP contribution in [0.2, 0.25) is 0 Å². The fourth-order valence-electron chi connectivity index (χ4n) is 1.13. The van der Waals surface area contributed by atoms with Crippen molar-refractivity contribution in [1.82, 2.24) is 9.71 Å². The summed E-state index contributed by atoms with van der Waals surface area (Å²) in [5.41, 5.74) is 0. The molecular weight excluding hydrogens is 258 g/mol. The van der Waals surface area contributed by atoms with Gasteiger partial charge in [-0.3, -0.25) is 0 Å². The second-order valence-electron chi connectivity index (χ2n) is 3.36. The van der Waals surface area contributed by atoms with Crippen molar-refractivity contribution < 1.29 is 13.3 Å². The smallest absolute Gasteiger partial charge is 0.358 e. The molecule has 0 aliphatic heterocycles. The number of nitro groups is 1. The monoisotopic (exact) mass is 269 g/mol. The lowest BCUT2D eigenvalue weighted by atomic mass is 10.3. The van der Waals surface area contributed by atoms with E-state index in [1.807, 2.05) is 0 Å². The normalized spacial score (nSPS) is 12.7. The van der Waals surface area contributed by atoms with Crippen LogP contribution in [0.25, 0.3) is 0 Å². The van der Waals surface area contributed by atoms with Crippen molar-refractivity contribution in [2.75, 3.05) is 0 Å². The van der Waals surface area contributed by atoms with Gasteiger partial charge in [-0.2, -0.15) is 4.72 Å². The predicted molar refractivity (Wildman–Crippen MR) is 64.1 cm³/mol. The molecule has 0 amide bonds. The Morgan fingerprint density at radius 1 is 1.61 bits per heavy atom. The molecule has 0 saturated carbocycles. The molecule has 0 aromatic carbocycles. The van der Waals surface area contributed by atoms with Crippen LogP contribution in [0.4, 0.5) is 5.82 Å². The van der Waals surface area contributed by atoms with Gasteiger partial charge in [-0.1, -0.05) is 12.8 Å². The van der Waals surface area contributed by atoms with Gasteiger partial charge in [0.2, 0.25) is 10.0 Å². The van der Waals surface area contributed by atoms with Gasteiger partial charge in [-0.15, -0.1) is 6.42 Å². The molecule has 0 radical (unpaired) electrons. The molecule has 1 rings (SSSR count). The van der Waals surface area contributed by atoms with Crippen LogP contribution in [0, 0.1) is 22.5 Å². The average Bonchev–Trinajstić information content (AvgIpc) is 2.36. The molecule has 0 spiro atoms. The van der Waals surface area contributed by atoms with Crippen molar-refractivity contribution in [2.24, 2.45) is 0 Å². The summed E-state index contributed by atoms with van der Waals surface area (Å²) in [6, 6.07) is 1.51. The first-order chi connectivity index (χ1) is 8.40. The summed E-state index contributed by atoms with van der Waals surface area (Å²) in [5, 5.41) is 10.4. The van der Waals surface area contributed by atoms with E-state index in [4.69, 9.17) is 6.42 Å². The number of hydrogen-bond donors (Lipinski definition) is 1. The fraction of sp³-hybridized carbons (Fsp3) is 0.300. The molecule has 8 heteroatoms. The molecule has 7 nitrogen and oxygen atoms in total. The quantitative estimate of drug-likeness (QED) is 0.481. The molecule has 18 heavy (non-hydrogen) atoms.